The molecule has 0 aliphatic carbocycles. The molecule has 0 atom stereocenters. The van der Waals surface area contributed by atoms with Crippen LogP contribution in [0.3, 0.4) is 0 Å². The van der Waals surface area contributed by atoms with Crippen LogP contribution in [-0.4, -0.2) is 51.6 Å². The molecule has 9 nitrogen and oxygen atoms in total. The summed E-state index contributed by atoms with van der Waals surface area (Å²) in [5, 5.41) is 18.6. The molecule has 0 radical (unpaired) electrons. The molecule has 0 aliphatic rings. The Morgan fingerprint density at radius 1 is 1.06 bits per heavy atom. The van der Waals surface area contributed by atoms with E-state index in [1.807, 2.05) is 0 Å². The smallest absolute Gasteiger partial charge is 0.331 e. The van der Waals surface area contributed by atoms with Crippen LogP contribution in [-0.2, 0) is 14.3 Å². The number of nitro groups is 1. The van der Waals surface area contributed by atoms with Crippen molar-refractivity contribution >= 4 is 32.9 Å². The SMILES string of the molecule is CN(CCS(=O)(=O)OCC(F)(F)C(F)F)c1ccc(N=Nc2ccc([N+](=O)[O-])cc2)cc1. The van der Waals surface area contributed by atoms with E-state index in [0.29, 0.717) is 17.1 Å². The van der Waals surface area contributed by atoms with Crippen molar-refractivity contribution in [2.24, 2.45) is 10.2 Å². The molecule has 14 heteroatoms. The minimum atomic E-state index is -4.56. The Kier molecular flexibility index (Phi) is 8.21. The van der Waals surface area contributed by atoms with Crippen LogP contribution in [0.4, 0.5) is 40.3 Å². The lowest BCUT2D eigenvalue weighted by atomic mass is 10.2. The third-order valence-corrected chi connectivity index (χ3v) is 5.22. The van der Waals surface area contributed by atoms with Gasteiger partial charge in [-0.1, -0.05) is 0 Å². The molecule has 174 valence electrons. The van der Waals surface area contributed by atoms with E-state index in [-0.39, 0.29) is 12.2 Å². The molecular formula is C18H18F4N4O5S. The standard InChI is InChI=1S/C18H18F4N4O5S/c1-25(10-11-32(29,30)31-12-18(21,22)17(19)20)15-6-2-13(3-7-15)23-24-14-4-8-16(9-5-14)26(27)28/h2-9,17H,10-12H2,1H3. The highest BCUT2D eigenvalue weighted by Gasteiger charge is 2.42. The number of alkyl halides is 4. The van der Waals surface area contributed by atoms with E-state index in [1.165, 1.54) is 36.2 Å². The molecular weight excluding hydrogens is 460 g/mol. The summed E-state index contributed by atoms with van der Waals surface area (Å²) in [7, 11) is -2.90. The summed E-state index contributed by atoms with van der Waals surface area (Å²) in [6.07, 6.45) is -4.03. The van der Waals surface area contributed by atoms with Crippen molar-refractivity contribution in [1.82, 2.24) is 0 Å². The van der Waals surface area contributed by atoms with Crippen LogP contribution in [0.1, 0.15) is 0 Å². The highest BCUT2D eigenvalue weighted by atomic mass is 32.2. The van der Waals surface area contributed by atoms with Crippen LogP contribution >= 0.6 is 0 Å². The third-order valence-electron chi connectivity index (χ3n) is 4.06. The summed E-state index contributed by atoms with van der Waals surface area (Å²) in [6, 6.07) is 11.8. The first kappa shape index (κ1) is 25.1. The van der Waals surface area contributed by atoms with Gasteiger partial charge < -0.3 is 4.90 Å². The van der Waals surface area contributed by atoms with E-state index in [2.05, 4.69) is 14.4 Å². The zero-order valence-corrected chi connectivity index (χ0v) is 17.4. The predicted molar refractivity (Wildman–Crippen MR) is 108 cm³/mol. The van der Waals surface area contributed by atoms with Crippen molar-refractivity contribution in [1.29, 1.82) is 0 Å². The first-order chi connectivity index (χ1) is 14.9. The van der Waals surface area contributed by atoms with Gasteiger partial charge in [-0.25, -0.2) is 8.78 Å². The topological polar surface area (TPSA) is 114 Å². The van der Waals surface area contributed by atoms with Gasteiger partial charge in [-0.2, -0.15) is 27.4 Å². The van der Waals surface area contributed by atoms with Gasteiger partial charge in [0.1, 0.15) is 6.61 Å². The number of azo groups is 1. The van der Waals surface area contributed by atoms with E-state index in [4.69, 9.17) is 0 Å². The van der Waals surface area contributed by atoms with Crippen molar-refractivity contribution in [3.63, 3.8) is 0 Å². The summed E-state index contributed by atoms with van der Waals surface area (Å²) in [5.41, 5.74) is 1.34. The van der Waals surface area contributed by atoms with Crippen LogP contribution in [0.15, 0.2) is 58.8 Å². The highest BCUT2D eigenvalue weighted by Crippen LogP contribution is 2.25. The largest absolute Gasteiger partial charge is 0.373 e. The fourth-order valence-electron chi connectivity index (χ4n) is 2.20. The molecule has 0 unspecified atom stereocenters. The number of anilines is 1. The van der Waals surface area contributed by atoms with Gasteiger partial charge in [0.15, 0.2) is 0 Å². The molecule has 0 saturated carbocycles. The maximum Gasteiger partial charge on any atom is 0.331 e. The number of non-ortho nitro benzene ring substituents is 1. The quantitative estimate of drug-likeness (QED) is 0.152. The Hall–Kier alpha value is -3.13. The van der Waals surface area contributed by atoms with Gasteiger partial charge in [-0.15, -0.1) is 0 Å². The molecule has 0 bridgehead atoms. The molecule has 0 aliphatic heterocycles. The fraction of sp³-hybridized carbons (Fsp3) is 0.333. The number of halogens is 4. The number of rotatable bonds is 11. The maximum atomic E-state index is 12.8. The van der Waals surface area contributed by atoms with E-state index in [0.717, 1.165) is 0 Å². The van der Waals surface area contributed by atoms with E-state index >= 15 is 0 Å². The van der Waals surface area contributed by atoms with Crippen LogP contribution in [0.2, 0.25) is 0 Å². The van der Waals surface area contributed by atoms with Gasteiger partial charge in [0.2, 0.25) is 0 Å². The second-order valence-electron chi connectivity index (χ2n) is 6.50. The zero-order chi connectivity index (χ0) is 23.9. The molecule has 2 rings (SSSR count). The lowest BCUT2D eigenvalue weighted by molar-refractivity contribution is -0.384. The average molecular weight is 478 g/mol. The molecule has 0 aromatic heterocycles. The number of hydrogen-bond acceptors (Lipinski definition) is 8. The van der Waals surface area contributed by atoms with Gasteiger partial charge in [0, 0.05) is 31.4 Å². The Labute approximate surface area is 180 Å². The lowest BCUT2D eigenvalue weighted by Gasteiger charge is -2.20. The zero-order valence-electron chi connectivity index (χ0n) is 16.6. The van der Waals surface area contributed by atoms with Crippen LogP contribution in [0.5, 0.6) is 0 Å². The molecule has 0 saturated heterocycles. The molecule has 0 N–H and O–H groups in total. The van der Waals surface area contributed by atoms with E-state index < -0.39 is 39.7 Å². The summed E-state index contributed by atoms with van der Waals surface area (Å²) in [6.45, 7) is -2.07. The minimum absolute atomic E-state index is 0.0773. The monoisotopic (exact) mass is 478 g/mol. The first-order valence-corrected chi connectivity index (χ1v) is 10.5. The predicted octanol–water partition coefficient (Wildman–Crippen LogP) is 4.69. The molecule has 2 aromatic carbocycles. The van der Waals surface area contributed by atoms with E-state index in [1.54, 1.807) is 24.3 Å². The fourth-order valence-corrected chi connectivity index (χ4v) is 3.15. The summed E-state index contributed by atoms with van der Waals surface area (Å²) in [5.74, 6) is -5.25. The highest BCUT2D eigenvalue weighted by molar-refractivity contribution is 7.86. The number of nitro benzene ring substituents is 1. The number of nitrogens with zero attached hydrogens (tertiary/aromatic N) is 4. The molecule has 2 aromatic rings. The van der Waals surface area contributed by atoms with Crippen LogP contribution in [0, 0.1) is 10.1 Å². The Balaban J connectivity index is 1.91. The Morgan fingerprint density at radius 2 is 1.56 bits per heavy atom. The Bertz CT molecular complexity index is 1050. The molecule has 32 heavy (non-hydrogen) atoms. The number of benzene rings is 2. The maximum absolute atomic E-state index is 12.8. The van der Waals surface area contributed by atoms with Gasteiger partial charge in [0.05, 0.1) is 22.1 Å². The normalized spacial score (nSPS) is 12.4. The van der Waals surface area contributed by atoms with Gasteiger partial charge in [-0.05, 0) is 36.4 Å². The molecule has 0 heterocycles. The summed E-state index contributed by atoms with van der Waals surface area (Å²) >= 11 is 0. The van der Waals surface area contributed by atoms with Gasteiger partial charge >= 0.3 is 12.3 Å². The third kappa shape index (κ3) is 7.53. The van der Waals surface area contributed by atoms with Crippen molar-refractivity contribution in [3.05, 3.63) is 58.6 Å². The second-order valence-corrected chi connectivity index (χ2v) is 8.26. The van der Waals surface area contributed by atoms with Crippen LogP contribution in [0.25, 0.3) is 0 Å². The molecule has 0 spiro atoms. The molecule has 0 amide bonds. The van der Waals surface area contributed by atoms with Crippen LogP contribution < -0.4 is 4.90 Å². The first-order valence-electron chi connectivity index (χ1n) is 8.90. The average Bonchev–Trinajstić information content (AvgIpc) is 2.75. The molecule has 0 fully saturated rings. The lowest BCUT2D eigenvalue weighted by Crippen LogP contribution is -2.35. The Morgan fingerprint density at radius 3 is 2.03 bits per heavy atom. The minimum Gasteiger partial charge on any atom is -0.373 e. The number of hydrogen-bond donors (Lipinski definition) is 0. The van der Waals surface area contributed by atoms with Gasteiger partial charge in [-0.3, -0.25) is 14.3 Å². The van der Waals surface area contributed by atoms with Crippen molar-refractivity contribution in [3.8, 4) is 0 Å². The second kappa shape index (κ2) is 10.5. The van der Waals surface area contributed by atoms with E-state index in [9.17, 15) is 36.1 Å². The summed E-state index contributed by atoms with van der Waals surface area (Å²) in [4.78, 5) is 11.6. The van der Waals surface area contributed by atoms with Crippen molar-refractivity contribution < 1.29 is 35.1 Å². The summed E-state index contributed by atoms with van der Waals surface area (Å²) < 4.78 is 77.1. The van der Waals surface area contributed by atoms with Crippen molar-refractivity contribution in [2.45, 2.75) is 12.3 Å². The van der Waals surface area contributed by atoms with Crippen molar-refractivity contribution in [2.75, 3.05) is 30.9 Å². The van der Waals surface area contributed by atoms with Gasteiger partial charge in [0.25, 0.3) is 15.8 Å².